The van der Waals surface area contributed by atoms with E-state index >= 15 is 0 Å². The van der Waals surface area contributed by atoms with E-state index in [1.807, 2.05) is 43.3 Å². The van der Waals surface area contributed by atoms with Crippen molar-refractivity contribution < 1.29 is 19.1 Å². The van der Waals surface area contributed by atoms with Gasteiger partial charge >= 0.3 is 0 Å². The molecule has 152 valence electrons. The average Bonchev–Trinajstić information content (AvgIpc) is 3.08. The summed E-state index contributed by atoms with van der Waals surface area (Å²) in [5.74, 6) is -0.882. The lowest BCUT2D eigenvalue weighted by atomic mass is 10.1. The Morgan fingerprint density at radius 1 is 1.17 bits per heavy atom. The summed E-state index contributed by atoms with van der Waals surface area (Å²) < 4.78 is 6.37. The van der Waals surface area contributed by atoms with E-state index in [9.17, 15) is 14.4 Å². The Hall–Kier alpha value is -2.87. The molecule has 1 heterocycles. The number of hydrogen-bond donors (Lipinski definition) is 2. The van der Waals surface area contributed by atoms with Crippen LogP contribution in [0.5, 0.6) is 5.75 Å². The van der Waals surface area contributed by atoms with Crippen molar-refractivity contribution in [1.29, 1.82) is 0 Å². The van der Waals surface area contributed by atoms with Crippen LogP contribution in [-0.4, -0.2) is 35.8 Å². The molecule has 1 fully saturated rings. The number of amides is 3. The van der Waals surface area contributed by atoms with Crippen LogP contribution in [-0.2, 0) is 20.9 Å². The fourth-order valence-corrected chi connectivity index (χ4v) is 3.28. The first kappa shape index (κ1) is 20.9. The molecule has 1 aliphatic rings. The fraction of sp³-hybridized carbons (Fsp3) is 0.286. The highest BCUT2D eigenvalue weighted by Gasteiger charge is 2.34. The molecule has 0 aliphatic carbocycles. The van der Waals surface area contributed by atoms with Gasteiger partial charge in [0.2, 0.25) is 11.8 Å². The zero-order chi connectivity index (χ0) is 20.8. The van der Waals surface area contributed by atoms with E-state index in [1.54, 1.807) is 17.0 Å². The number of aryl methyl sites for hydroxylation is 1. The second-order valence-corrected chi connectivity index (χ2v) is 7.75. The Morgan fingerprint density at radius 2 is 1.93 bits per heavy atom. The van der Waals surface area contributed by atoms with Crippen LogP contribution >= 0.6 is 15.9 Å². The first-order valence-corrected chi connectivity index (χ1v) is 10.0. The van der Waals surface area contributed by atoms with E-state index in [4.69, 9.17) is 4.74 Å². The standard InChI is InChI=1S/C21H22BrN3O4/c1-14-9-17(7-8-18(14)22)29-13-19(26)23-24-21(28)16-10-20(27)25(12-16)11-15-5-3-2-4-6-15/h2-9,16H,10-13H2,1H3,(H,23,26)(H,24,28). The van der Waals surface area contributed by atoms with Crippen LogP contribution in [0.25, 0.3) is 0 Å². The number of likely N-dealkylation sites (tertiary alicyclic amines) is 1. The molecule has 2 aromatic rings. The van der Waals surface area contributed by atoms with Crippen molar-refractivity contribution in [3.8, 4) is 5.75 Å². The van der Waals surface area contributed by atoms with Crippen LogP contribution < -0.4 is 15.6 Å². The Bertz CT molecular complexity index is 904. The molecule has 1 aliphatic heterocycles. The lowest BCUT2D eigenvalue weighted by Crippen LogP contribution is -2.46. The molecule has 0 spiro atoms. The second kappa shape index (κ2) is 9.56. The summed E-state index contributed by atoms with van der Waals surface area (Å²) in [4.78, 5) is 38.0. The van der Waals surface area contributed by atoms with Gasteiger partial charge in [-0.1, -0.05) is 46.3 Å². The van der Waals surface area contributed by atoms with Gasteiger partial charge in [0.15, 0.2) is 6.61 Å². The number of carbonyl (C=O) groups is 3. The maximum absolute atomic E-state index is 12.3. The number of hydrazine groups is 1. The van der Waals surface area contributed by atoms with Gasteiger partial charge in [0.05, 0.1) is 5.92 Å². The molecule has 8 heteroatoms. The normalized spacial score (nSPS) is 15.9. The molecule has 1 atom stereocenters. The number of nitrogens with zero attached hydrogens (tertiary/aromatic N) is 1. The number of hydrogen-bond acceptors (Lipinski definition) is 4. The number of benzene rings is 2. The minimum absolute atomic E-state index is 0.0747. The van der Waals surface area contributed by atoms with E-state index in [0.29, 0.717) is 18.8 Å². The Labute approximate surface area is 177 Å². The number of carbonyl (C=O) groups excluding carboxylic acids is 3. The third kappa shape index (κ3) is 5.80. The van der Waals surface area contributed by atoms with Crippen molar-refractivity contribution in [2.75, 3.05) is 13.2 Å². The summed E-state index contributed by atoms with van der Waals surface area (Å²) in [6.45, 7) is 2.48. The lowest BCUT2D eigenvalue weighted by molar-refractivity contribution is -0.132. The van der Waals surface area contributed by atoms with Gasteiger partial charge in [0.1, 0.15) is 5.75 Å². The predicted octanol–water partition coefficient (Wildman–Crippen LogP) is 2.33. The highest BCUT2D eigenvalue weighted by atomic mass is 79.9. The van der Waals surface area contributed by atoms with Crippen molar-refractivity contribution in [1.82, 2.24) is 15.8 Å². The molecule has 0 aromatic heterocycles. The smallest absolute Gasteiger partial charge is 0.276 e. The third-order valence-electron chi connectivity index (χ3n) is 4.63. The zero-order valence-electron chi connectivity index (χ0n) is 16.0. The minimum atomic E-state index is -0.499. The van der Waals surface area contributed by atoms with Crippen LogP contribution in [0, 0.1) is 12.8 Å². The number of nitrogens with one attached hydrogen (secondary N) is 2. The zero-order valence-corrected chi connectivity index (χ0v) is 17.6. The van der Waals surface area contributed by atoms with Crippen LogP contribution in [0.15, 0.2) is 53.0 Å². The van der Waals surface area contributed by atoms with Crippen LogP contribution in [0.4, 0.5) is 0 Å². The number of halogens is 1. The molecule has 1 unspecified atom stereocenters. The molecule has 2 aromatic carbocycles. The van der Waals surface area contributed by atoms with Crippen LogP contribution in [0.2, 0.25) is 0 Å². The first-order valence-electron chi connectivity index (χ1n) is 9.21. The summed E-state index contributed by atoms with van der Waals surface area (Å²) in [5, 5.41) is 0. The van der Waals surface area contributed by atoms with E-state index in [2.05, 4.69) is 26.8 Å². The molecule has 2 N–H and O–H groups in total. The van der Waals surface area contributed by atoms with Crippen molar-refractivity contribution >= 4 is 33.7 Å². The average molecular weight is 460 g/mol. The monoisotopic (exact) mass is 459 g/mol. The Kier molecular flexibility index (Phi) is 6.87. The van der Waals surface area contributed by atoms with Crippen molar-refractivity contribution in [3.05, 3.63) is 64.1 Å². The summed E-state index contributed by atoms with van der Waals surface area (Å²) >= 11 is 3.40. The Morgan fingerprint density at radius 3 is 2.66 bits per heavy atom. The summed E-state index contributed by atoms with van der Waals surface area (Å²) in [6, 6.07) is 15.0. The SMILES string of the molecule is Cc1cc(OCC(=O)NNC(=O)C2CC(=O)N(Cc3ccccc3)C2)ccc1Br. The topological polar surface area (TPSA) is 87.7 Å². The molecule has 29 heavy (non-hydrogen) atoms. The highest BCUT2D eigenvalue weighted by molar-refractivity contribution is 9.10. The van der Waals surface area contributed by atoms with Gasteiger partial charge in [-0.05, 0) is 36.2 Å². The van der Waals surface area contributed by atoms with Gasteiger partial charge in [0, 0.05) is 24.0 Å². The van der Waals surface area contributed by atoms with E-state index in [0.717, 1.165) is 15.6 Å². The van der Waals surface area contributed by atoms with Gasteiger partial charge in [-0.15, -0.1) is 0 Å². The van der Waals surface area contributed by atoms with Gasteiger partial charge in [0.25, 0.3) is 5.91 Å². The third-order valence-corrected chi connectivity index (χ3v) is 5.52. The van der Waals surface area contributed by atoms with Crippen molar-refractivity contribution in [3.63, 3.8) is 0 Å². The van der Waals surface area contributed by atoms with Gasteiger partial charge < -0.3 is 9.64 Å². The molecule has 0 bridgehead atoms. The van der Waals surface area contributed by atoms with E-state index < -0.39 is 11.8 Å². The van der Waals surface area contributed by atoms with Gasteiger partial charge in [-0.2, -0.15) is 0 Å². The lowest BCUT2D eigenvalue weighted by Gasteiger charge is -2.16. The summed E-state index contributed by atoms with van der Waals surface area (Å²) in [6.07, 6.45) is 0.128. The molecule has 3 rings (SSSR count). The quantitative estimate of drug-likeness (QED) is 0.648. The van der Waals surface area contributed by atoms with E-state index in [1.165, 1.54) is 0 Å². The van der Waals surface area contributed by atoms with Gasteiger partial charge in [-0.25, -0.2) is 0 Å². The Balaban J connectivity index is 1.42. The molecule has 0 radical (unpaired) electrons. The number of rotatable bonds is 6. The van der Waals surface area contributed by atoms with Crippen LogP contribution in [0.3, 0.4) is 0 Å². The molecule has 3 amide bonds. The summed E-state index contributed by atoms with van der Waals surface area (Å²) in [5.41, 5.74) is 6.71. The largest absolute Gasteiger partial charge is 0.484 e. The molecule has 7 nitrogen and oxygen atoms in total. The van der Waals surface area contributed by atoms with Crippen LogP contribution in [0.1, 0.15) is 17.5 Å². The van der Waals surface area contributed by atoms with Crippen molar-refractivity contribution in [2.45, 2.75) is 19.9 Å². The predicted molar refractivity (Wildman–Crippen MR) is 111 cm³/mol. The van der Waals surface area contributed by atoms with Crippen molar-refractivity contribution in [2.24, 2.45) is 5.92 Å². The molecule has 0 saturated carbocycles. The second-order valence-electron chi connectivity index (χ2n) is 6.90. The van der Waals surface area contributed by atoms with Gasteiger partial charge in [-0.3, -0.25) is 25.2 Å². The number of ether oxygens (including phenoxy) is 1. The highest BCUT2D eigenvalue weighted by Crippen LogP contribution is 2.22. The summed E-state index contributed by atoms with van der Waals surface area (Å²) in [7, 11) is 0. The molecule has 1 saturated heterocycles. The fourth-order valence-electron chi connectivity index (χ4n) is 3.03. The molecular weight excluding hydrogens is 438 g/mol. The minimum Gasteiger partial charge on any atom is -0.484 e. The first-order chi connectivity index (χ1) is 13.9. The van der Waals surface area contributed by atoms with E-state index in [-0.39, 0.29) is 24.8 Å². The maximum Gasteiger partial charge on any atom is 0.276 e. The maximum atomic E-state index is 12.3. The molecular formula is C21H22BrN3O4.